The molecule has 8 heteroatoms. The van der Waals surface area contributed by atoms with Crippen LogP contribution in [-0.2, 0) is 16.6 Å². The summed E-state index contributed by atoms with van der Waals surface area (Å²) < 4.78 is 27.0. The second-order valence-corrected chi connectivity index (χ2v) is 10.4. The number of nitrogens with one attached hydrogen (secondary N) is 1. The van der Waals surface area contributed by atoms with Crippen LogP contribution in [0.5, 0.6) is 0 Å². The predicted molar refractivity (Wildman–Crippen MR) is 125 cm³/mol. The number of hydrogen-bond donors (Lipinski definition) is 1. The summed E-state index contributed by atoms with van der Waals surface area (Å²) in [5.74, 6) is -0.230. The highest BCUT2D eigenvalue weighted by Gasteiger charge is 2.27. The summed E-state index contributed by atoms with van der Waals surface area (Å²) in [6.45, 7) is 7.39. The Hall–Kier alpha value is -2.26. The van der Waals surface area contributed by atoms with E-state index < -0.39 is 10.0 Å². The van der Waals surface area contributed by atoms with Gasteiger partial charge in [0, 0.05) is 64.5 Å². The van der Waals surface area contributed by atoms with E-state index in [9.17, 15) is 13.2 Å². The fraction of sp³-hybridized carbons (Fsp3) is 0.458. The van der Waals surface area contributed by atoms with Crippen LogP contribution in [0.3, 0.4) is 0 Å². The van der Waals surface area contributed by atoms with E-state index in [4.69, 9.17) is 0 Å². The van der Waals surface area contributed by atoms with E-state index in [1.807, 2.05) is 6.07 Å². The summed E-state index contributed by atoms with van der Waals surface area (Å²) in [5, 5.41) is 2.94. The van der Waals surface area contributed by atoms with Gasteiger partial charge in [-0.15, -0.1) is 0 Å². The molecule has 4 rings (SSSR count). The van der Waals surface area contributed by atoms with Crippen molar-refractivity contribution in [1.29, 1.82) is 0 Å². The number of benzene rings is 2. The minimum absolute atomic E-state index is 0.196. The first-order chi connectivity index (χ1) is 15.5. The second-order valence-electron chi connectivity index (χ2n) is 8.50. The average molecular weight is 457 g/mol. The van der Waals surface area contributed by atoms with Gasteiger partial charge in [0.2, 0.25) is 10.0 Å². The molecule has 0 radical (unpaired) electrons. The molecule has 2 aliphatic rings. The Morgan fingerprint density at radius 3 is 2.25 bits per heavy atom. The van der Waals surface area contributed by atoms with E-state index in [1.165, 1.54) is 15.9 Å². The van der Waals surface area contributed by atoms with Crippen LogP contribution >= 0.6 is 0 Å². The van der Waals surface area contributed by atoms with Gasteiger partial charge in [-0.1, -0.05) is 36.4 Å². The highest BCUT2D eigenvalue weighted by molar-refractivity contribution is 7.89. The zero-order chi connectivity index (χ0) is 22.4. The summed E-state index contributed by atoms with van der Waals surface area (Å²) in [4.78, 5) is 17.6. The standard InChI is InChI=1S/C24H32N4O3S/c29-24(22-9-6-10-23(19-22)32(30,31)28-12-4-5-13-28)25-11-14-26-15-17-27(18-16-26)20-21-7-2-1-3-8-21/h1-3,6-10,19H,4-5,11-18,20H2,(H,25,29). The quantitative estimate of drug-likeness (QED) is 0.658. The van der Waals surface area contributed by atoms with Crippen LogP contribution in [0.25, 0.3) is 0 Å². The first-order valence-electron chi connectivity index (χ1n) is 11.4. The molecule has 0 atom stereocenters. The molecule has 0 saturated carbocycles. The molecule has 32 heavy (non-hydrogen) atoms. The normalized spacial score (nSPS) is 18.6. The van der Waals surface area contributed by atoms with Crippen LogP contribution in [0.4, 0.5) is 0 Å². The molecule has 0 unspecified atom stereocenters. The Morgan fingerprint density at radius 1 is 0.844 bits per heavy atom. The number of carbonyl (C=O) groups excluding carboxylic acids is 1. The number of amides is 1. The number of piperazine rings is 1. The van der Waals surface area contributed by atoms with Gasteiger partial charge in [0.25, 0.3) is 5.91 Å². The molecule has 1 N–H and O–H groups in total. The number of sulfonamides is 1. The van der Waals surface area contributed by atoms with Crippen molar-refractivity contribution in [3.8, 4) is 0 Å². The molecule has 0 aliphatic carbocycles. The first kappa shape index (κ1) is 22.9. The van der Waals surface area contributed by atoms with Crippen molar-refractivity contribution in [3.05, 3.63) is 65.7 Å². The van der Waals surface area contributed by atoms with Crippen LogP contribution < -0.4 is 5.32 Å². The molecule has 172 valence electrons. The van der Waals surface area contributed by atoms with Gasteiger partial charge in [0.1, 0.15) is 0 Å². The maximum absolute atomic E-state index is 12.8. The number of carbonyl (C=O) groups is 1. The largest absolute Gasteiger partial charge is 0.351 e. The maximum Gasteiger partial charge on any atom is 0.251 e. The third-order valence-electron chi connectivity index (χ3n) is 6.23. The third kappa shape index (κ3) is 5.75. The number of nitrogens with zero attached hydrogens (tertiary/aromatic N) is 3. The Balaban J connectivity index is 1.23. The molecule has 2 aromatic rings. The van der Waals surface area contributed by atoms with Gasteiger partial charge in [-0.3, -0.25) is 14.6 Å². The van der Waals surface area contributed by atoms with Gasteiger partial charge in [-0.2, -0.15) is 4.31 Å². The maximum atomic E-state index is 12.8. The molecule has 7 nitrogen and oxygen atoms in total. The van der Waals surface area contributed by atoms with Gasteiger partial charge in [0.15, 0.2) is 0 Å². The monoisotopic (exact) mass is 456 g/mol. The fourth-order valence-electron chi connectivity index (χ4n) is 4.32. The van der Waals surface area contributed by atoms with Crippen LogP contribution in [0.1, 0.15) is 28.8 Å². The molecule has 2 fully saturated rings. The van der Waals surface area contributed by atoms with Crippen LogP contribution in [0, 0.1) is 0 Å². The topological polar surface area (TPSA) is 73.0 Å². The summed E-state index contributed by atoms with van der Waals surface area (Å²) in [6.07, 6.45) is 1.78. The minimum Gasteiger partial charge on any atom is -0.351 e. The van der Waals surface area contributed by atoms with Crippen LogP contribution in [-0.4, -0.2) is 80.8 Å². The second kappa shape index (κ2) is 10.6. The highest BCUT2D eigenvalue weighted by Crippen LogP contribution is 2.21. The fourth-order valence-corrected chi connectivity index (χ4v) is 5.88. The molecule has 0 bridgehead atoms. The van der Waals surface area contributed by atoms with E-state index in [2.05, 4.69) is 39.4 Å². The van der Waals surface area contributed by atoms with Crippen molar-refractivity contribution in [2.45, 2.75) is 24.3 Å². The third-order valence-corrected chi connectivity index (χ3v) is 8.12. The lowest BCUT2D eigenvalue weighted by Gasteiger charge is -2.34. The average Bonchev–Trinajstić information content (AvgIpc) is 3.37. The van der Waals surface area contributed by atoms with Gasteiger partial charge in [0.05, 0.1) is 4.90 Å². The summed E-state index contributed by atoms with van der Waals surface area (Å²) in [6, 6.07) is 16.9. The van der Waals surface area contributed by atoms with Gasteiger partial charge >= 0.3 is 0 Å². The lowest BCUT2D eigenvalue weighted by molar-refractivity contribution is 0.0934. The molecule has 2 aliphatic heterocycles. The number of hydrogen-bond acceptors (Lipinski definition) is 5. The van der Waals surface area contributed by atoms with E-state index >= 15 is 0 Å². The van der Waals surface area contributed by atoms with Crippen molar-refractivity contribution < 1.29 is 13.2 Å². The zero-order valence-corrected chi connectivity index (χ0v) is 19.3. The molecule has 2 heterocycles. The van der Waals surface area contributed by atoms with Gasteiger partial charge in [-0.25, -0.2) is 8.42 Å². The van der Waals surface area contributed by atoms with E-state index in [1.54, 1.807) is 18.2 Å². The molecule has 2 aromatic carbocycles. The predicted octanol–water partition coefficient (Wildman–Crippen LogP) is 2.02. The lowest BCUT2D eigenvalue weighted by Crippen LogP contribution is -2.48. The van der Waals surface area contributed by atoms with Gasteiger partial charge < -0.3 is 5.32 Å². The van der Waals surface area contributed by atoms with E-state index in [-0.39, 0.29) is 10.8 Å². The lowest BCUT2D eigenvalue weighted by atomic mass is 10.2. The van der Waals surface area contributed by atoms with Crippen molar-refractivity contribution >= 4 is 15.9 Å². The summed E-state index contributed by atoms with van der Waals surface area (Å²) in [5.41, 5.74) is 1.72. The number of rotatable bonds is 8. The van der Waals surface area contributed by atoms with Crippen molar-refractivity contribution in [3.63, 3.8) is 0 Å². The molecule has 0 aromatic heterocycles. The first-order valence-corrected chi connectivity index (χ1v) is 12.8. The van der Waals surface area contributed by atoms with Crippen molar-refractivity contribution in [2.75, 3.05) is 52.4 Å². The van der Waals surface area contributed by atoms with Crippen molar-refractivity contribution in [2.24, 2.45) is 0 Å². The minimum atomic E-state index is -3.52. The Kier molecular flexibility index (Phi) is 7.57. The van der Waals surface area contributed by atoms with E-state index in [0.717, 1.165) is 52.1 Å². The molecule has 2 saturated heterocycles. The Morgan fingerprint density at radius 2 is 1.53 bits per heavy atom. The zero-order valence-electron chi connectivity index (χ0n) is 18.4. The van der Waals surface area contributed by atoms with Crippen LogP contribution in [0.2, 0.25) is 0 Å². The summed E-state index contributed by atoms with van der Waals surface area (Å²) >= 11 is 0. The molecule has 0 spiro atoms. The Labute approximate surface area is 191 Å². The van der Waals surface area contributed by atoms with Crippen molar-refractivity contribution in [1.82, 2.24) is 19.4 Å². The molecular formula is C24H32N4O3S. The van der Waals surface area contributed by atoms with Crippen LogP contribution in [0.15, 0.2) is 59.5 Å². The Bertz CT molecular complexity index is 999. The smallest absolute Gasteiger partial charge is 0.251 e. The highest BCUT2D eigenvalue weighted by atomic mass is 32.2. The summed E-state index contributed by atoms with van der Waals surface area (Å²) in [7, 11) is -3.52. The SMILES string of the molecule is O=C(NCCN1CCN(Cc2ccccc2)CC1)c1cccc(S(=O)(=O)N2CCCC2)c1. The van der Waals surface area contributed by atoms with E-state index in [0.29, 0.717) is 25.2 Å². The molecule has 1 amide bonds. The van der Waals surface area contributed by atoms with Gasteiger partial charge in [-0.05, 0) is 36.6 Å². The molecular weight excluding hydrogens is 424 g/mol.